The van der Waals surface area contributed by atoms with E-state index in [4.69, 9.17) is 4.74 Å². The number of hydrogen-bond acceptors (Lipinski definition) is 3. The first kappa shape index (κ1) is 9.77. The second-order valence-electron chi connectivity index (χ2n) is 3.28. The smallest absolute Gasteiger partial charge is 0.121 e. The molecule has 0 aliphatic rings. The summed E-state index contributed by atoms with van der Waals surface area (Å²) in [6, 6.07) is 7.92. The number of nitrogens with zero attached hydrogens (tertiary/aromatic N) is 1. The van der Waals surface area contributed by atoms with Gasteiger partial charge in [0.25, 0.3) is 0 Å². The summed E-state index contributed by atoms with van der Waals surface area (Å²) in [4.78, 5) is 4.36. The van der Waals surface area contributed by atoms with E-state index in [-0.39, 0.29) is 0 Å². The van der Waals surface area contributed by atoms with Gasteiger partial charge in [-0.3, -0.25) is 4.98 Å². The lowest BCUT2D eigenvalue weighted by Gasteiger charge is -2.09. The van der Waals surface area contributed by atoms with Gasteiger partial charge in [0, 0.05) is 24.2 Å². The van der Waals surface area contributed by atoms with Crippen molar-refractivity contribution in [3.8, 4) is 5.75 Å². The van der Waals surface area contributed by atoms with Gasteiger partial charge < -0.3 is 10.1 Å². The molecule has 78 valence electrons. The maximum absolute atomic E-state index is 5.24. The zero-order valence-electron chi connectivity index (χ0n) is 8.95. The Balaban J connectivity index is 2.63. The summed E-state index contributed by atoms with van der Waals surface area (Å²) in [7, 11) is 1.67. The first-order chi connectivity index (χ1) is 7.35. The van der Waals surface area contributed by atoms with Crippen LogP contribution in [0.3, 0.4) is 0 Å². The molecular weight excluding hydrogens is 188 g/mol. The molecule has 0 aliphatic heterocycles. The van der Waals surface area contributed by atoms with Crippen LogP contribution in [0.25, 0.3) is 10.9 Å². The van der Waals surface area contributed by atoms with Gasteiger partial charge in [-0.15, -0.1) is 0 Å². The quantitative estimate of drug-likeness (QED) is 0.830. The summed E-state index contributed by atoms with van der Waals surface area (Å²) >= 11 is 0. The molecule has 0 atom stereocenters. The Kier molecular flexibility index (Phi) is 2.72. The third kappa shape index (κ3) is 1.86. The lowest BCUT2D eigenvalue weighted by atomic mass is 10.2. The van der Waals surface area contributed by atoms with Crippen molar-refractivity contribution in [2.75, 3.05) is 19.0 Å². The maximum Gasteiger partial charge on any atom is 0.121 e. The van der Waals surface area contributed by atoms with Crippen molar-refractivity contribution >= 4 is 16.6 Å². The summed E-state index contributed by atoms with van der Waals surface area (Å²) in [5.41, 5.74) is 2.01. The molecule has 3 nitrogen and oxygen atoms in total. The van der Waals surface area contributed by atoms with E-state index in [1.165, 1.54) is 0 Å². The predicted octanol–water partition coefficient (Wildman–Crippen LogP) is 2.68. The van der Waals surface area contributed by atoms with Gasteiger partial charge in [-0.2, -0.15) is 0 Å². The molecular formula is C12H14N2O. The molecule has 0 bridgehead atoms. The number of benzene rings is 1. The molecule has 1 aromatic carbocycles. The molecule has 2 rings (SSSR count). The van der Waals surface area contributed by atoms with Crippen LogP contribution in [0.2, 0.25) is 0 Å². The van der Waals surface area contributed by atoms with Crippen molar-refractivity contribution < 1.29 is 4.74 Å². The fourth-order valence-electron chi connectivity index (χ4n) is 1.61. The average Bonchev–Trinajstić information content (AvgIpc) is 2.29. The summed E-state index contributed by atoms with van der Waals surface area (Å²) in [5, 5.41) is 4.37. The molecule has 1 heterocycles. The Morgan fingerprint density at radius 2 is 2.27 bits per heavy atom. The lowest BCUT2D eigenvalue weighted by molar-refractivity contribution is 0.415. The topological polar surface area (TPSA) is 34.1 Å². The number of fused-ring (bicyclic) bond motifs is 1. The number of hydrogen-bond donors (Lipinski definition) is 1. The number of ether oxygens (including phenoxy) is 1. The molecule has 3 heteroatoms. The van der Waals surface area contributed by atoms with Crippen molar-refractivity contribution in [2.24, 2.45) is 0 Å². The zero-order valence-corrected chi connectivity index (χ0v) is 8.95. The molecule has 0 aliphatic carbocycles. The largest absolute Gasteiger partial charge is 0.497 e. The monoisotopic (exact) mass is 202 g/mol. The SMILES string of the molecule is CCNc1cc(OC)cc2cccnc12. The second kappa shape index (κ2) is 4.17. The molecule has 0 amide bonds. The normalized spacial score (nSPS) is 10.3. The van der Waals surface area contributed by atoms with Crippen LogP contribution in [0.1, 0.15) is 6.92 Å². The Morgan fingerprint density at radius 1 is 1.40 bits per heavy atom. The molecule has 15 heavy (non-hydrogen) atoms. The highest BCUT2D eigenvalue weighted by molar-refractivity contribution is 5.91. The maximum atomic E-state index is 5.24. The van der Waals surface area contributed by atoms with Crippen LogP contribution in [0.15, 0.2) is 30.5 Å². The molecule has 0 saturated carbocycles. The van der Waals surface area contributed by atoms with Gasteiger partial charge in [-0.25, -0.2) is 0 Å². The van der Waals surface area contributed by atoms with Gasteiger partial charge in [0.05, 0.1) is 18.3 Å². The lowest BCUT2D eigenvalue weighted by Crippen LogP contribution is -1.98. The molecule has 0 saturated heterocycles. The summed E-state index contributed by atoms with van der Waals surface area (Å²) < 4.78 is 5.24. The number of aromatic nitrogens is 1. The van der Waals surface area contributed by atoms with Crippen molar-refractivity contribution in [2.45, 2.75) is 6.92 Å². The van der Waals surface area contributed by atoms with Gasteiger partial charge in [-0.1, -0.05) is 6.07 Å². The van der Waals surface area contributed by atoms with E-state index in [2.05, 4.69) is 17.2 Å². The molecule has 0 spiro atoms. The first-order valence-corrected chi connectivity index (χ1v) is 5.01. The van der Waals surface area contributed by atoms with E-state index < -0.39 is 0 Å². The van der Waals surface area contributed by atoms with Crippen LogP contribution in [0.4, 0.5) is 5.69 Å². The third-order valence-electron chi connectivity index (χ3n) is 2.28. The van der Waals surface area contributed by atoms with Crippen LogP contribution in [-0.2, 0) is 0 Å². The Morgan fingerprint density at radius 3 is 3.00 bits per heavy atom. The van der Waals surface area contributed by atoms with Gasteiger partial charge in [0.2, 0.25) is 0 Å². The molecule has 2 aromatic rings. The van der Waals surface area contributed by atoms with Crippen molar-refractivity contribution in [3.63, 3.8) is 0 Å². The fraction of sp³-hybridized carbons (Fsp3) is 0.250. The number of anilines is 1. The van der Waals surface area contributed by atoms with E-state index in [1.807, 2.05) is 24.3 Å². The second-order valence-corrected chi connectivity index (χ2v) is 3.28. The van der Waals surface area contributed by atoms with Crippen LogP contribution in [0.5, 0.6) is 5.75 Å². The highest BCUT2D eigenvalue weighted by Crippen LogP contribution is 2.27. The minimum atomic E-state index is 0.853. The minimum absolute atomic E-state index is 0.853. The van der Waals surface area contributed by atoms with Crippen LogP contribution >= 0.6 is 0 Å². The number of rotatable bonds is 3. The van der Waals surface area contributed by atoms with Crippen LogP contribution < -0.4 is 10.1 Å². The van der Waals surface area contributed by atoms with E-state index in [0.29, 0.717) is 0 Å². The van der Waals surface area contributed by atoms with Gasteiger partial charge >= 0.3 is 0 Å². The average molecular weight is 202 g/mol. The van der Waals surface area contributed by atoms with Gasteiger partial charge in [0.1, 0.15) is 5.75 Å². The Bertz CT molecular complexity index is 468. The summed E-state index contributed by atoms with van der Waals surface area (Å²) in [6.45, 7) is 2.94. The Hall–Kier alpha value is -1.77. The van der Waals surface area contributed by atoms with Gasteiger partial charge in [0.15, 0.2) is 0 Å². The standard InChI is InChI=1S/C12H14N2O/c1-3-13-11-8-10(15-2)7-9-5-4-6-14-12(9)11/h4-8,13H,3H2,1-2H3. The molecule has 0 unspecified atom stereocenters. The molecule has 1 N–H and O–H groups in total. The predicted molar refractivity (Wildman–Crippen MR) is 62.5 cm³/mol. The van der Waals surface area contributed by atoms with Gasteiger partial charge in [-0.05, 0) is 19.1 Å². The van der Waals surface area contributed by atoms with Crippen LogP contribution in [-0.4, -0.2) is 18.6 Å². The van der Waals surface area contributed by atoms with E-state index in [0.717, 1.165) is 28.9 Å². The third-order valence-corrected chi connectivity index (χ3v) is 2.28. The number of nitrogens with one attached hydrogen (secondary N) is 1. The summed E-state index contributed by atoms with van der Waals surface area (Å²) in [6.07, 6.45) is 1.80. The first-order valence-electron chi connectivity index (χ1n) is 5.01. The highest BCUT2D eigenvalue weighted by atomic mass is 16.5. The van der Waals surface area contributed by atoms with Crippen LogP contribution in [0, 0.1) is 0 Å². The minimum Gasteiger partial charge on any atom is -0.497 e. The number of pyridine rings is 1. The highest BCUT2D eigenvalue weighted by Gasteiger charge is 2.03. The Labute approximate surface area is 89.1 Å². The fourth-order valence-corrected chi connectivity index (χ4v) is 1.61. The number of methoxy groups -OCH3 is 1. The molecule has 0 fully saturated rings. The zero-order chi connectivity index (χ0) is 10.7. The molecule has 0 radical (unpaired) electrons. The van der Waals surface area contributed by atoms with E-state index in [1.54, 1.807) is 13.3 Å². The van der Waals surface area contributed by atoms with E-state index in [9.17, 15) is 0 Å². The van der Waals surface area contributed by atoms with Crippen molar-refractivity contribution in [1.82, 2.24) is 4.98 Å². The van der Waals surface area contributed by atoms with E-state index >= 15 is 0 Å². The van der Waals surface area contributed by atoms with Crippen molar-refractivity contribution in [3.05, 3.63) is 30.5 Å². The molecule has 1 aromatic heterocycles. The van der Waals surface area contributed by atoms with Crippen molar-refractivity contribution in [1.29, 1.82) is 0 Å². The summed E-state index contributed by atoms with van der Waals surface area (Å²) in [5.74, 6) is 0.853.